The van der Waals surface area contributed by atoms with Crippen molar-refractivity contribution in [1.82, 2.24) is 10.2 Å². The summed E-state index contributed by atoms with van der Waals surface area (Å²) in [5.41, 5.74) is 3.03. The summed E-state index contributed by atoms with van der Waals surface area (Å²) in [7, 11) is 0. The first-order valence-corrected chi connectivity index (χ1v) is 7.07. The quantitative estimate of drug-likeness (QED) is 0.781. The van der Waals surface area contributed by atoms with E-state index in [4.69, 9.17) is 0 Å². The normalized spacial score (nSPS) is 10.9. The van der Waals surface area contributed by atoms with Crippen molar-refractivity contribution in [1.29, 1.82) is 0 Å². The second-order valence-corrected chi connectivity index (χ2v) is 5.68. The zero-order valence-electron chi connectivity index (χ0n) is 9.30. The second-order valence-electron chi connectivity index (χ2n) is 3.73. The lowest BCUT2D eigenvalue weighted by Crippen LogP contribution is -2.02. The number of anilines is 1. The Balaban J connectivity index is 1.93. The molecule has 3 aromatic heterocycles. The van der Waals surface area contributed by atoms with Crippen molar-refractivity contribution in [3.63, 3.8) is 0 Å². The third-order valence-electron chi connectivity index (χ3n) is 2.56. The van der Waals surface area contributed by atoms with E-state index >= 15 is 0 Å². The van der Waals surface area contributed by atoms with Gasteiger partial charge in [-0.25, -0.2) is 0 Å². The first-order valence-electron chi connectivity index (χ1n) is 5.31. The summed E-state index contributed by atoms with van der Waals surface area (Å²) in [5, 5.41) is 16.0. The Kier molecular flexibility index (Phi) is 2.78. The summed E-state index contributed by atoms with van der Waals surface area (Å²) in [6, 6.07) is 6.20. The summed E-state index contributed by atoms with van der Waals surface area (Å²) in [4.78, 5) is 1.32. The van der Waals surface area contributed by atoms with Gasteiger partial charge in [-0.05, 0) is 29.8 Å². The van der Waals surface area contributed by atoms with Crippen molar-refractivity contribution in [2.24, 2.45) is 0 Å². The van der Waals surface area contributed by atoms with Crippen LogP contribution in [-0.2, 0) is 6.54 Å². The number of nitrogens with one attached hydrogen (secondary N) is 1. The van der Waals surface area contributed by atoms with E-state index in [1.165, 1.54) is 9.58 Å². The molecule has 3 heterocycles. The Morgan fingerprint density at radius 3 is 2.94 bits per heavy atom. The smallest absolute Gasteiger partial charge is 0.106 e. The number of aryl methyl sites for hydroxylation is 1. The number of hydrogen-bond acceptors (Lipinski definition) is 5. The number of rotatable bonds is 3. The van der Waals surface area contributed by atoms with E-state index in [0.29, 0.717) is 0 Å². The van der Waals surface area contributed by atoms with Gasteiger partial charge in [0.15, 0.2) is 0 Å². The Bertz CT molecular complexity index is 628. The Labute approximate surface area is 107 Å². The van der Waals surface area contributed by atoms with Crippen LogP contribution >= 0.6 is 22.7 Å². The van der Waals surface area contributed by atoms with Crippen molar-refractivity contribution < 1.29 is 0 Å². The molecule has 0 aromatic carbocycles. The standard InChI is InChI=1S/C12H11N3S2/c1-8-11(13-7-9-3-2-5-16-9)12-10(15-14-8)4-6-17-12/h2-6H,7H2,1H3,(H,13,15). The topological polar surface area (TPSA) is 37.8 Å². The van der Waals surface area contributed by atoms with Gasteiger partial charge in [0.05, 0.1) is 16.1 Å². The first-order chi connectivity index (χ1) is 8.34. The van der Waals surface area contributed by atoms with Crippen LogP contribution in [0.4, 0.5) is 5.69 Å². The number of fused-ring (bicyclic) bond motifs is 1. The molecule has 0 aliphatic rings. The third-order valence-corrected chi connectivity index (χ3v) is 4.36. The predicted octanol–water partition coefficient (Wildman–Crippen LogP) is 3.67. The molecule has 3 rings (SSSR count). The van der Waals surface area contributed by atoms with E-state index in [9.17, 15) is 0 Å². The van der Waals surface area contributed by atoms with Crippen molar-refractivity contribution in [2.75, 3.05) is 5.32 Å². The summed E-state index contributed by atoms with van der Waals surface area (Å²) in [5.74, 6) is 0. The van der Waals surface area contributed by atoms with Crippen LogP contribution in [-0.4, -0.2) is 10.2 Å². The molecule has 17 heavy (non-hydrogen) atoms. The van der Waals surface area contributed by atoms with Gasteiger partial charge in [-0.1, -0.05) is 6.07 Å². The maximum absolute atomic E-state index is 4.18. The van der Waals surface area contributed by atoms with Gasteiger partial charge in [-0.3, -0.25) is 0 Å². The number of nitrogens with zero attached hydrogens (tertiary/aromatic N) is 2. The molecular weight excluding hydrogens is 250 g/mol. The van der Waals surface area contributed by atoms with Crippen LogP contribution in [0.2, 0.25) is 0 Å². The fourth-order valence-corrected chi connectivity index (χ4v) is 3.25. The maximum atomic E-state index is 4.18. The van der Waals surface area contributed by atoms with Crippen molar-refractivity contribution >= 4 is 38.6 Å². The third kappa shape index (κ3) is 2.03. The molecule has 86 valence electrons. The van der Waals surface area contributed by atoms with Gasteiger partial charge in [0.2, 0.25) is 0 Å². The maximum Gasteiger partial charge on any atom is 0.106 e. The van der Waals surface area contributed by atoms with Gasteiger partial charge < -0.3 is 5.32 Å². The largest absolute Gasteiger partial charge is 0.377 e. The minimum Gasteiger partial charge on any atom is -0.377 e. The minimum absolute atomic E-state index is 0.844. The molecule has 0 aliphatic carbocycles. The molecule has 0 spiro atoms. The molecule has 5 heteroatoms. The lowest BCUT2D eigenvalue weighted by molar-refractivity contribution is 1.01. The summed E-state index contributed by atoms with van der Waals surface area (Å²) >= 11 is 3.46. The molecule has 0 bridgehead atoms. The van der Waals surface area contributed by atoms with Crippen LogP contribution in [0.15, 0.2) is 29.0 Å². The van der Waals surface area contributed by atoms with E-state index < -0.39 is 0 Å². The highest BCUT2D eigenvalue weighted by molar-refractivity contribution is 7.17. The zero-order chi connectivity index (χ0) is 11.7. The summed E-state index contributed by atoms with van der Waals surface area (Å²) in [6.45, 7) is 2.83. The molecule has 0 aliphatic heterocycles. The molecular formula is C12H11N3S2. The fourth-order valence-electron chi connectivity index (χ4n) is 1.71. The van der Waals surface area contributed by atoms with Crippen LogP contribution in [0.5, 0.6) is 0 Å². The lowest BCUT2D eigenvalue weighted by Gasteiger charge is -2.08. The molecule has 0 radical (unpaired) electrons. The van der Waals surface area contributed by atoms with Gasteiger partial charge in [0.1, 0.15) is 5.52 Å². The van der Waals surface area contributed by atoms with E-state index in [2.05, 4.69) is 38.4 Å². The molecule has 0 saturated carbocycles. The lowest BCUT2D eigenvalue weighted by atomic mass is 10.3. The molecule has 0 fully saturated rings. The van der Waals surface area contributed by atoms with E-state index in [1.54, 1.807) is 22.7 Å². The number of hydrogen-bond donors (Lipinski definition) is 1. The molecule has 0 saturated heterocycles. The molecule has 3 nitrogen and oxygen atoms in total. The van der Waals surface area contributed by atoms with Crippen LogP contribution < -0.4 is 5.32 Å². The average Bonchev–Trinajstić information content (AvgIpc) is 2.97. The van der Waals surface area contributed by atoms with Crippen LogP contribution in [0.1, 0.15) is 10.6 Å². The molecule has 0 atom stereocenters. The molecule has 3 aromatic rings. The minimum atomic E-state index is 0.844. The molecule has 0 amide bonds. The monoisotopic (exact) mass is 261 g/mol. The zero-order valence-corrected chi connectivity index (χ0v) is 10.9. The highest BCUT2D eigenvalue weighted by Gasteiger charge is 2.08. The van der Waals surface area contributed by atoms with Crippen molar-refractivity contribution in [3.8, 4) is 0 Å². The highest BCUT2D eigenvalue weighted by atomic mass is 32.1. The van der Waals surface area contributed by atoms with Gasteiger partial charge >= 0.3 is 0 Å². The molecule has 1 N–H and O–H groups in total. The van der Waals surface area contributed by atoms with Crippen LogP contribution in [0, 0.1) is 6.92 Å². The van der Waals surface area contributed by atoms with Gasteiger partial charge in [-0.15, -0.1) is 27.8 Å². The van der Waals surface area contributed by atoms with Crippen molar-refractivity contribution in [2.45, 2.75) is 13.5 Å². The fraction of sp³-hybridized carbons (Fsp3) is 0.167. The van der Waals surface area contributed by atoms with Gasteiger partial charge in [-0.2, -0.15) is 5.10 Å². The second kappa shape index (κ2) is 4.43. The van der Waals surface area contributed by atoms with Crippen LogP contribution in [0.25, 0.3) is 10.2 Å². The Morgan fingerprint density at radius 2 is 2.12 bits per heavy atom. The average molecular weight is 261 g/mol. The van der Waals surface area contributed by atoms with E-state index in [-0.39, 0.29) is 0 Å². The Hall–Kier alpha value is -1.46. The predicted molar refractivity (Wildman–Crippen MR) is 73.8 cm³/mol. The van der Waals surface area contributed by atoms with Crippen LogP contribution in [0.3, 0.4) is 0 Å². The van der Waals surface area contributed by atoms with E-state index in [0.717, 1.165) is 23.4 Å². The van der Waals surface area contributed by atoms with Gasteiger partial charge in [0, 0.05) is 11.4 Å². The summed E-state index contributed by atoms with van der Waals surface area (Å²) in [6.07, 6.45) is 0. The number of aromatic nitrogens is 2. The van der Waals surface area contributed by atoms with E-state index in [1.807, 2.05) is 13.0 Å². The number of thiophene rings is 2. The highest BCUT2D eigenvalue weighted by Crippen LogP contribution is 2.29. The SMILES string of the molecule is Cc1nnc2ccsc2c1NCc1cccs1. The van der Waals surface area contributed by atoms with Crippen molar-refractivity contribution in [3.05, 3.63) is 39.5 Å². The Morgan fingerprint density at radius 1 is 1.18 bits per heavy atom. The summed E-state index contributed by atoms with van der Waals surface area (Å²) < 4.78 is 1.19. The van der Waals surface area contributed by atoms with Gasteiger partial charge in [0.25, 0.3) is 0 Å². The molecule has 0 unspecified atom stereocenters. The first kappa shape index (κ1) is 10.7.